The Bertz CT molecular complexity index is 653. The molecule has 0 aliphatic heterocycles. The summed E-state index contributed by atoms with van der Waals surface area (Å²) in [6, 6.07) is -4.80. The van der Waals surface area contributed by atoms with E-state index in [9.17, 15) is 24.0 Å². The number of hydrogen-bond donors (Lipinski definition) is 7. The van der Waals surface area contributed by atoms with E-state index in [0.717, 1.165) is 0 Å². The molecule has 4 unspecified atom stereocenters. The first-order chi connectivity index (χ1) is 14.3. The van der Waals surface area contributed by atoms with Gasteiger partial charge in [0.25, 0.3) is 0 Å². The molecule has 0 saturated heterocycles. The third-order valence-corrected chi connectivity index (χ3v) is 4.39. The third kappa shape index (κ3) is 10.7. The fraction of sp³-hybridized carbons (Fsp3) is 0.737. The van der Waals surface area contributed by atoms with Crippen molar-refractivity contribution in [3.8, 4) is 0 Å². The molecule has 12 heteroatoms. The van der Waals surface area contributed by atoms with Crippen LogP contribution in [0.25, 0.3) is 0 Å². The largest absolute Gasteiger partial charge is 0.481 e. The van der Waals surface area contributed by atoms with E-state index >= 15 is 0 Å². The first-order valence-electron chi connectivity index (χ1n) is 10.0. The second-order valence-corrected chi connectivity index (χ2v) is 8.04. The lowest BCUT2D eigenvalue weighted by molar-refractivity contribution is -0.143. The van der Waals surface area contributed by atoms with Crippen LogP contribution in [-0.2, 0) is 24.0 Å². The molecule has 178 valence electrons. The number of nitrogens with two attached hydrogens (primary N) is 1. The fourth-order valence-electron chi connectivity index (χ4n) is 2.63. The van der Waals surface area contributed by atoms with Crippen LogP contribution in [0.15, 0.2) is 0 Å². The topological polar surface area (TPSA) is 208 Å². The summed E-state index contributed by atoms with van der Waals surface area (Å²) in [5.74, 6) is -5.11. The molecule has 0 aromatic heterocycles. The number of carboxylic acid groups (broad SMARTS) is 2. The smallest absolute Gasteiger partial charge is 0.328 e. The maximum Gasteiger partial charge on any atom is 0.328 e. The Balaban J connectivity index is 5.30. The van der Waals surface area contributed by atoms with Gasteiger partial charge in [0.1, 0.15) is 18.1 Å². The lowest BCUT2D eigenvalue weighted by Crippen LogP contribution is -2.58. The van der Waals surface area contributed by atoms with E-state index in [0.29, 0.717) is 0 Å². The van der Waals surface area contributed by atoms with Gasteiger partial charge in [0.05, 0.1) is 12.6 Å². The number of carbonyl (C=O) groups is 5. The zero-order chi connectivity index (χ0) is 24.3. The van der Waals surface area contributed by atoms with Gasteiger partial charge < -0.3 is 37.0 Å². The Hall–Kier alpha value is -2.73. The maximum atomic E-state index is 12.8. The Morgan fingerprint density at radius 2 is 1.39 bits per heavy atom. The summed E-state index contributed by atoms with van der Waals surface area (Å²) in [6.07, 6.45) is -0.227. The zero-order valence-electron chi connectivity index (χ0n) is 18.3. The van der Waals surface area contributed by atoms with E-state index in [1.54, 1.807) is 27.7 Å². The van der Waals surface area contributed by atoms with Crippen LogP contribution in [0.3, 0.4) is 0 Å². The summed E-state index contributed by atoms with van der Waals surface area (Å²) < 4.78 is 0. The van der Waals surface area contributed by atoms with E-state index in [1.807, 2.05) is 0 Å². The molecule has 0 aliphatic carbocycles. The molecule has 3 amide bonds. The van der Waals surface area contributed by atoms with Crippen molar-refractivity contribution >= 4 is 29.7 Å². The Morgan fingerprint density at radius 3 is 1.81 bits per heavy atom. The number of carboxylic acids is 2. The molecule has 31 heavy (non-hydrogen) atoms. The van der Waals surface area contributed by atoms with Gasteiger partial charge in [-0.1, -0.05) is 27.7 Å². The van der Waals surface area contributed by atoms with E-state index in [4.69, 9.17) is 21.1 Å². The van der Waals surface area contributed by atoms with Gasteiger partial charge in [0, 0.05) is 6.42 Å². The van der Waals surface area contributed by atoms with Crippen molar-refractivity contribution in [3.05, 3.63) is 0 Å². The molecule has 0 bridgehead atoms. The van der Waals surface area contributed by atoms with Crippen LogP contribution in [0.4, 0.5) is 0 Å². The van der Waals surface area contributed by atoms with E-state index in [1.165, 1.54) is 0 Å². The molecule has 0 aromatic carbocycles. The van der Waals surface area contributed by atoms with Crippen LogP contribution in [0.2, 0.25) is 0 Å². The minimum absolute atomic E-state index is 0.0370. The number of nitrogens with one attached hydrogen (secondary N) is 3. The Morgan fingerprint density at radius 1 is 0.839 bits per heavy atom. The maximum absolute atomic E-state index is 12.8. The minimum Gasteiger partial charge on any atom is -0.481 e. The van der Waals surface area contributed by atoms with Gasteiger partial charge in [-0.25, -0.2) is 4.79 Å². The van der Waals surface area contributed by atoms with Crippen LogP contribution < -0.4 is 21.7 Å². The number of carbonyl (C=O) groups excluding carboxylic acids is 3. The predicted molar refractivity (Wildman–Crippen MR) is 110 cm³/mol. The molecule has 0 saturated carbocycles. The first-order valence-corrected chi connectivity index (χ1v) is 10.0. The van der Waals surface area contributed by atoms with Crippen LogP contribution in [0.5, 0.6) is 0 Å². The molecular formula is C19H34N4O8. The summed E-state index contributed by atoms with van der Waals surface area (Å²) in [5, 5.41) is 34.0. The number of aliphatic hydroxyl groups is 1. The van der Waals surface area contributed by atoms with E-state index < -0.39 is 60.4 Å². The molecule has 0 radical (unpaired) electrons. The molecule has 0 aliphatic rings. The fourth-order valence-corrected chi connectivity index (χ4v) is 2.63. The highest BCUT2D eigenvalue weighted by atomic mass is 16.4. The van der Waals surface area contributed by atoms with Gasteiger partial charge in [-0.15, -0.1) is 0 Å². The lowest BCUT2D eigenvalue weighted by Gasteiger charge is -2.27. The van der Waals surface area contributed by atoms with Crippen molar-refractivity contribution in [3.63, 3.8) is 0 Å². The van der Waals surface area contributed by atoms with Crippen molar-refractivity contribution in [1.29, 1.82) is 0 Å². The predicted octanol–water partition coefficient (Wildman–Crippen LogP) is -1.59. The Labute approximate surface area is 180 Å². The van der Waals surface area contributed by atoms with Crippen molar-refractivity contribution in [2.75, 3.05) is 6.61 Å². The molecule has 0 aromatic rings. The standard InChI is InChI=1S/C19H34N4O8/c1-9(2)7-12(17(28)22-13(8-24)19(30)31)21-18(29)15(10(3)4)23-16(27)11(20)5-6-14(25)26/h9-13,15,24H,5-8,20H2,1-4H3,(H,21,29)(H,22,28)(H,23,27)(H,25,26)(H,30,31). The Kier molecular flexibility index (Phi) is 12.4. The second-order valence-electron chi connectivity index (χ2n) is 8.04. The summed E-state index contributed by atoms with van der Waals surface area (Å²) in [4.78, 5) is 59.2. The highest BCUT2D eigenvalue weighted by Crippen LogP contribution is 2.09. The minimum atomic E-state index is -1.52. The second kappa shape index (κ2) is 13.5. The van der Waals surface area contributed by atoms with Crippen molar-refractivity contribution < 1.29 is 39.3 Å². The average Bonchev–Trinajstić information content (AvgIpc) is 2.66. The van der Waals surface area contributed by atoms with Crippen LogP contribution in [0.1, 0.15) is 47.0 Å². The van der Waals surface area contributed by atoms with Gasteiger partial charge in [0.2, 0.25) is 17.7 Å². The lowest BCUT2D eigenvalue weighted by atomic mass is 9.99. The number of rotatable bonds is 14. The van der Waals surface area contributed by atoms with E-state index in [2.05, 4.69) is 16.0 Å². The summed E-state index contributed by atoms with van der Waals surface area (Å²) >= 11 is 0. The third-order valence-electron chi connectivity index (χ3n) is 4.39. The van der Waals surface area contributed by atoms with Gasteiger partial charge >= 0.3 is 11.9 Å². The quantitative estimate of drug-likeness (QED) is 0.164. The molecule has 4 atom stereocenters. The number of aliphatic carboxylic acids is 2. The van der Waals surface area contributed by atoms with Crippen molar-refractivity contribution in [1.82, 2.24) is 16.0 Å². The monoisotopic (exact) mass is 446 g/mol. The van der Waals surface area contributed by atoms with Crippen LogP contribution >= 0.6 is 0 Å². The van der Waals surface area contributed by atoms with Crippen LogP contribution in [-0.4, -0.2) is 75.8 Å². The molecule has 8 N–H and O–H groups in total. The first kappa shape index (κ1) is 28.3. The molecule has 0 rings (SSSR count). The SMILES string of the molecule is CC(C)CC(NC(=O)C(NC(=O)C(N)CCC(=O)O)C(C)C)C(=O)NC(CO)C(=O)O. The number of aliphatic hydroxyl groups excluding tert-OH is 1. The molecule has 0 spiro atoms. The highest BCUT2D eigenvalue weighted by molar-refractivity contribution is 5.94. The molecule has 12 nitrogen and oxygen atoms in total. The van der Waals surface area contributed by atoms with Gasteiger partial charge in [0.15, 0.2) is 0 Å². The van der Waals surface area contributed by atoms with Crippen LogP contribution in [0, 0.1) is 11.8 Å². The highest BCUT2D eigenvalue weighted by Gasteiger charge is 2.31. The van der Waals surface area contributed by atoms with E-state index in [-0.39, 0.29) is 31.1 Å². The normalized spacial score (nSPS) is 15.0. The molecule has 0 heterocycles. The number of amides is 3. The summed E-state index contributed by atoms with van der Waals surface area (Å²) in [6.45, 7) is 6.11. The number of hydrogen-bond acceptors (Lipinski definition) is 7. The van der Waals surface area contributed by atoms with Crippen molar-refractivity contribution in [2.45, 2.75) is 71.1 Å². The average molecular weight is 447 g/mol. The summed E-state index contributed by atoms with van der Waals surface area (Å²) in [7, 11) is 0. The summed E-state index contributed by atoms with van der Waals surface area (Å²) in [5.41, 5.74) is 5.68. The van der Waals surface area contributed by atoms with Gasteiger partial charge in [-0.05, 0) is 24.7 Å². The zero-order valence-corrected chi connectivity index (χ0v) is 18.3. The van der Waals surface area contributed by atoms with Crippen molar-refractivity contribution in [2.24, 2.45) is 17.6 Å². The molecule has 0 fully saturated rings. The van der Waals surface area contributed by atoms with Gasteiger partial charge in [-0.2, -0.15) is 0 Å². The molecular weight excluding hydrogens is 412 g/mol. The van der Waals surface area contributed by atoms with Gasteiger partial charge in [-0.3, -0.25) is 19.2 Å².